The maximum atomic E-state index is 13.3. The highest BCUT2D eigenvalue weighted by atomic mass is 79.9. The van der Waals surface area contributed by atoms with E-state index in [4.69, 9.17) is 17.3 Å². The van der Waals surface area contributed by atoms with Crippen LogP contribution in [0.5, 0.6) is 0 Å². The third kappa shape index (κ3) is 2.05. The molecule has 102 valence electrons. The zero-order chi connectivity index (χ0) is 14.4. The van der Waals surface area contributed by atoms with Crippen LogP contribution in [0.1, 0.15) is 0 Å². The molecule has 1 aromatic heterocycles. The quantitative estimate of drug-likeness (QED) is 0.705. The van der Waals surface area contributed by atoms with Crippen LogP contribution in [-0.2, 0) is 0 Å². The topological polar surface area (TPSA) is 43.8 Å². The van der Waals surface area contributed by atoms with Crippen LogP contribution >= 0.6 is 27.5 Å². The molecule has 0 unspecified atom stereocenters. The minimum absolute atomic E-state index is 0.139. The lowest BCUT2D eigenvalue weighted by Gasteiger charge is -2.11. The molecule has 2 aromatic carbocycles. The predicted octanol–water partition coefficient (Wildman–Crippen LogP) is 4.30. The first-order valence-electron chi connectivity index (χ1n) is 5.56. The molecule has 3 rings (SSSR count). The first kappa shape index (κ1) is 13.3. The Labute approximate surface area is 126 Å². The van der Waals surface area contributed by atoms with E-state index in [2.05, 4.69) is 20.9 Å². The maximum Gasteiger partial charge on any atom is 0.206 e. The van der Waals surface area contributed by atoms with E-state index in [9.17, 15) is 8.78 Å². The van der Waals surface area contributed by atoms with Gasteiger partial charge in [0, 0.05) is 10.5 Å². The number of fused-ring (bicyclic) bond motifs is 1. The Balaban J connectivity index is 2.38. The van der Waals surface area contributed by atoms with Crippen LogP contribution in [-0.4, -0.2) is 9.55 Å². The van der Waals surface area contributed by atoms with E-state index in [0.717, 1.165) is 0 Å². The fraction of sp³-hybridized carbons (Fsp3) is 0. The molecular weight excluding hydrogens is 352 g/mol. The van der Waals surface area contributed by atoms with Crippen molar-refractivity contribution in [1.29, 1.82) is 0 Å². The molecule has 2 N–H and O–H groups in total. The van der Waals surface area contributed by atoms with Crippen molar-refractivity contribution in [2.24, 2.45) is 0 Å². The summed E-state index contributed by atoms with van der Waals surface area (Å²) in [7, 11) is 0. The molecule has 0 saturated carbocycles. The van der Waals surface area contributed by atoms with Crippen molar-refractivity contribution < 1.29 is 8.78 Å². The van der Waals surface area contributed by atoms with Gasteiger partial charge in [0.1, 0.15) is 11.6 Å². The Hall–Kier alpha value is -1.66. The molecule has 0 radical (unpaired) electrons. The van der Waals surface area contributed by atoms with Gasteiger partial charge >= 0.3 is 0 Å². The number of anilines is 1. The molecule has 0 bridgehead atoms. The van der Waals surface area contributed by atoms with Crippen molar-refractivity contribution in [1.82, 2.24) is 9.55 Å². The lowest BCUT2D eigenvalue weighted by Crippen LogP contribution is -2.02. The van der Waals surface area contributed by atoms with Gasteiger partial charge in [-0.2, -0.15) is 0 Å². The van der Waals surface area contributed by atoms with Crippen LogP contribution in [0.25, 0.3) is 16.7 Å². The average molecular weight is 359 g/mol. The first-order chi connectivity index (χ1) is 9.47. The van der Waals surface area contributed by atoms with Crippen LogP contribution in [0, 0.1) is 11.6 Å². The van der Waals surface area contributed by atoms with Crippen LogP contribution in [0.15, 0.2) is 34.8 Å². The molecule has 3 aromatic rings. The van der Waals surface area contributed by atoms with E-state index < -0.39 is 11.6 Å². The molecule has 0 saturated heterocycles. The predicted molar refractivity (Wildman–Crippen MR) is 78.1 cm³/mol. The number of benzene rings is 2. The monoisotopic (exact) mass is 357 g/mol. The fourth-order valence-electron chi connectivity index (χ4n) is 2.06. The van der Waals surface area contributed by atoms with Crippen LogP contribution in [0.4, 0.5) is 14.7 Å². The van der Waals surface area contributed by atoms with Gasteiger partial charge in [0.2, 0.25) is 5.95 Å². The van der Waals surface area contributed by atoms with E-state index in [1.165, 1.54) is 24.3 Å². The number of nitrogens with two attached hydrogens (primary N) is 1. The van der Waals surface area contributed by atoms with E-state index in [0.29, 0.717) is 21.2 Å². The zero-order valence-corrected chi connectivity index (χ0v) is 12.2. The number of nitrogen functional groups attached to an aromatic ring is 1. The van der Waals surface area contributed by atoms with Crippen molar-refractivity contribution in [3.8, 4) is 5.69 Å². The molecule has 0 aliphatic carbocycles. The second-order valence-corrected chi connectivity index (χ2v) is 5.42. The van der Waals surface area contributed by atoms with Gasteiger partial charge in [0.05, 0.1) is 21.7 Å². The molecule has 3 nitrogen and oxygen atoms in total. The highest BCUT2D eigenvalue weighted by Crippen LogP contribution is 2.34. The second-order valence-electron chi connectivity index (χ2n) is 4.16. The van der Waals surface area contributed by atoms with Gasteiger partial charge in [-0.25, -0.2) is 13.8 Å². The Morgan fingerprint density at radius 1 is 1.15 bits per heavy atom. The van der Waals surface area contributed by atoms with Crippen LogP contribution in [0.3, 0.4) is 0 Å². The molecule has 0 amide bonds. The minimum Gasteiger partial charge on any atom is -0.369 e. The van der Waals surface area contributed by atoms with Crippen molar-refractivity contribution in [3.05, 3.63) is 51.5 Å². The Morgan fingerprint density at radius 2 is 1.90 bits per heavy atom. The summed E-state index contributed by atoms with van der Waals surface area (Å²) < 4.78 is 28.5. The minimum atomic E-state index is -0.473. The standard InChI is InChI=1S/C13H7BrClF2N3/c14-8-3-7(17)4-9(15)12(8)20-11-2-1-6(16)5-10(11)19-13(20)18/h1-5H,(H2,18,19). The lowest BCUT2D eigenvalue weighted by atomic mass is 10.2. The number of aromatic nitrogens is 2. The number of halogens is 4. The van der Waals surface area contributed by atoms with Gasteiger partial charge in [0.25, 0.3) is 0 Å². The van der Waals surface area contributed by atoms with Crippen molar-refractivity contribution in [3.63, 3.8) is 0 Å². The second kappa shape index (κ2) is 4.71. The summed E-state index contributed by atoms with van der Waals surface area (Å²) in [4.78, 5) is 4.08. The molecule has 0 fully saturated rings. The van der Waals surface area contributed by atoms with Gasteiger partial charge in [-0.3, -0.25) is 4.57 Å². The van der Waals surface area contributed by atoms with E-state index in [1.54, 1.807) is 10.6 Å². The maximum absolute atomic E-state index is 13.3. The van der Waals surface area contributed by atoms with Crippen LogP contribution in [0.2, 0.25) is 5.02 Å². The summed E-state index contributed by atoms with van der Waals surface area (Å²) in [6.45, 7) is 0. The van der Waals surface area contributed by atoms with Gasteiger partial charge in [0.15, 0.2) is 0 Å². The van der Waals surface area contributed by atoms with E-state index >= 15 is 0 Å². The summed E-state index contributed by atoms with van der Waals surface area (Å²) in [5.74, 6) is -0.745. The van der Waals surface area contributed by atoms with Gasteiger partial charge in [-0.1, -0.05) is 11.6 Å². The molecule has 0 atom stereocenters. The van der Waals surface area contributed by atoms with Crippen LogP contribution < -0.4 is 5.73 Å². The number of nitrogens with zero attached hydrogens (tertiary/aromatic N) is 2. The molecule has 20 heavy (non-hydrogen) atoms. The third-order valence-electron chi connectivity index (χ3n) is 2.85. The number of hydrogen-bond acceptors (Lipinski definition) is 2. The number of imidazole rings is 1. The van der Waals surface area contributed by atoms with Gasteiger partial charge < -0.3 is 5.73 Å². The first-order valence-corrected chi connectivity index (χ1v) is 6.73. The smallest absolute Gasteiger partial charge is 0.206 e. The Morgan fingerprint density at radius 3 is 2.60 bits per heavy atom. The Bertz CT molecular complexity index is 809. The molecule has 1 heterocycles. The van der Waals surface area contributed by atoms with Crippen molar-refractivity contribution in [2.75, 3.05) is 5.73 Å². The highest BCUT2D eigenvalue weighted by molar-refractivity contribution is 9.10. The zero-order valence-electron chi connectivity index (χ0n) is 9.87. The summed E-state index contributed by atoms with van der Waals surface area (Å²) in [5, 5.41) is 0.173. The molecule has 0 aliphatic heterocycles. The summed E-state index contributed by atoms with van der Waals surface area (Å²) in [6, 6.07) is 6.56. The molecule has 7 heteroatoms. The third-order valence-corrected chi connectivity index (χ3v) is 3.74. The van der Waals surface area contributed by atoms with Crippen molar-refractivity contribution >= 4 is 44.5 Å². The van der Waals surface area contributed by atoms with E-state index in [1.807, 2.05) is 0 Å². The van der Waals surface area contributed by atoms with Gasteiger partial charge in [-0.05, 0) is 40.2 Å². The normalized spacial score (nSPS) is 11.2. The summed E-state index contributed by atoms with van der Waals surface area (Å²) in [6.07, 6.45) is 0. The lowest BCUT2D eigenvalue weighted by molar-refractivity contribution is 0.626. The summed E-state index contributed by atoms with van der Waals surface area (Å²) >= 11 is 9.33. The largest absolute Gasteiger partial charge is 0.369 e. The van der Waals surface area contributed by atoms with Gasteiger partial charge in [-0.15, -0.1) is 0 Å². The number of rotatable bonds is 1. The molecule has 0 aliphatic rings. The van der Waals surface area contributed by atoms with Crippen molar-refractivity contribution in [2.45, 2.75) is 0 Å². The molecular formula is C13H7BrClF2N3. The highest BCUT2D eigenvalue weighted by Gasteiger charge is 2.17. The Kier molecular flexibility index (Phi) is 3.14. The average Bonchev–Trinajstić information content (AvgIpc) is 2.64. The summed E-state index contributed by atoms with van der Waals surface area (Å²) in [5.41, 5.74) is 7.31. The SMILES string of the molecule is Nc1nc2cc(F)ccc2n1-c1c(Cl)cc(F)cc1Br. The van der Waals surface area contributed by atoms with E-state index in [-0.39, 0.29) is 11.0 Å². The number of hydrogen-bond donors (Lipinski definition) is 1. The molecule has 0 spiro atoms. The fourth-order valence-corrected chi connectivity index (χ4v) is 3.07.